The number of nitrogens with one attached hydrogen (secondary N) is 1. The molecule has 0 spiro atoms. The van der Waals surface area contributed by atoms with Gasteiger partial charge in [0.25, 0.3) is 0 Å². The number of piperidine rings is 1. The first kappa shape index (κ1) is 20.0. The molecule has 0 aliphatic carbocycles. The van der Waals surface area contributed by atoms with Gasteiger partial charge >= 0.3 is 0 Å². The van der Waals surface area contributed by atoms with Gasteiger partial charge in [-0.3, -0.25) is 14.5 Å². The number of carbonyl (C=O) groups is 2. The highest BCUT2D eigenvalue weighted by molar-refractivity contribution is 6.30. The van der Waals surface area contributed by atoms with Crippen LogP contribution in [0.4, 0.5) is 4.39 Å². The third kappa shape index (κ3) is 4.97. The summed E-state index contributed by atoms with van der Waals surface area (Å²) in [4.78, 5) is 28.8. The van der Waals surface area contributed by atoms with Gasteiger partial charge < -0.3 is 15.0 Å². The van der Waals surface area contributed by atoms with E-state index in [0.29, 0.717) is 32.7 Å². The molecule has 1 N–H and O–H groups in total. The molecule has 8 heteroatoms. The van der Waals surface area contributed by atoms with Gasteiger partial charge in [-0.05, 0) is 30.5 Å². The average molecular weight is 398 g/mol. The third-order valence-electron chi connectivity index (χ3n) is 5.31. The number of piperazine rings is 1. The first-order valence-corrected chi connectivity index (χ1v) is 9.62. The molecule has 2 fully saturated rings. The van der Waals surface area contributed by atoms with E-state index >= 15 is 0 Å². The Bertz CT molecular complexity index is 695. The molecule has 0 bridgehead atoms. The van der Waals surface area contributed by atoms with Gasteiger partial charge in [0.2, 0.25) is 11.8 Å². The third-order valence-corrected chi connectivity index (χ3v) is 5.61. The number of amides is 2. The molecule has 1 atom stereocenters. The van der Waals surface area contributed by atoms with Crippen LogP contribution in [0.5, 0.6) is 0 Å². The van der Waals surface area contributed by atoms with Crippen LogP contribution < -0.4 is 5.32 Å². The van der Waals surface area contributed by atoms with Gasteiger partial charge in [0.15, 0.2) is 0 Å². The van der Waals surface area contributed by atoms with Crippen molar-refractivity contribution in [3.05, 3.63) is 34.6 Å². The molecule has 2 saturated heterocycles. The summed E-state index contributed by atoms with van der Waals surface area (Å²) in [6.07, 6.45) is 1.95. The predicted molar refractivity (Wildman–Crippen MR) is 99.8 cm³/mol. The Morgan fingerprint density at radius 2 is 2.07 bits per heavy atom. The quantitative estimate of drug-likeness (QED) is 0.823. The zero-order chi connectivity index (χ0) is 19.4. The number of rotatable bonds is 5. The van der Waals surface area contributed by atoms with Crippen molar-refractivity contribution in [2.75, 3.05) is 33.3 Å². The van der Waals surface area contributed by atoms with E-state index in [4.69, 9.17) is 16.3 Å². The predicted octanol–water partition coefficient (Wildman–Crippen LogP) is 1.81. The van der Waals surface area contributed by atoms with E-state index in [0.717, 1.165) is 18.4 Å². The fourth-order valence-corrected chi connectivity index (χ4v) is 3.80. The van der Waals surface area contributed by atoms with Crippen LogP contribution in [0.1, 0.15) is 24.8 Å². The minimum Gasteiger partial charge on any atom is -0.381 e. The molecule has 27 heavy (non-hydrogen) atoms. The Morgan fingerprint density at radius 3 is 2.74 bits per heavy atom. The lowest BCUT2D eigenvalue weighted by Gasteiger charge is -2.37. The summed E-state index contributed by atoms with van der Waals surface area (Å²) in [5, 5.41) is 2.90. The fraction of sp³-hybridized carbons (Fsp3) is 0.579. The smallest absolute Gasteiger partial charge is 0.237 e. The number of likely N-dealkylation sites (tertiary alicyclic amines) is 1. The van der Waals surface area contributed by atoms with Crippen LogP contribution in [0.15, 0.2) is 18.2 Å². The lowest BCUT2D eigenvalue weighted by atomic mass is 10.0. The van der Waals surface area contributed by atoms with Crippen LogP contribution >= 0.6 is 11.6 Å². The molecule has 3 rings (SSSR count). The van der Waals surface area contributed by atoms with Crippen molar-refractivity contribution >= 4 is 23.4 Å². The highest BCUT2D eigenvalue weighted by Crippen LogP contribution is 2.20. The monoisotopic (exact) mass is 397 g/mol. The summed E-state index contributed by atoms with van der Waals surface area (Å²) >= 11 is 5.74. The van der Waals surface area contributed by atoms with Gasteiger partial charge in [-0.1, -0.05) is 17.7 Å². The fourth-order valence-electron chi connectivity index (χ4n) is 3.68. The molecule has 0 saturated carbocycles. The van der Waals surface area contributed by atoms with E-state index in [9.17, 15) is 14.0 Å². The molecule has 2 aliphatic heterocycles. The molecule has 2 heterocycles. The Kier molecular flexibility index (Phi) is 6.68. The standard InChI is InChI=1S/C19H25ClFN3O3/c1-27-14-4-7-23(8-5-14)18(25)11-17-19(26)22-6-9-24(17)12-13-2-3-15(20)16(21)10-13/h2-3,10,14,17H,4-9,11-12H2,1H3,(H,22,26). The van der Waals surface area contributed by atoms with Crippen LogP contribution in [-0.4, -0.2) is 67.0 Å². The SMILES string of the molecule is COC1CCN(C(=O)CC2C(=O)NCCN2Cc2ccc(Cl)c(F)c2)CC1. The minimum absolute atomic E-state index is 0.0288. The van der Waals surface area contributed by atoms with Gasteiger partial charge in [0.05, 0.1) is 23.6 Å². The Balaban J connectivity index is 1.64. The molecule has 6 nitrogen and oxygen atoms in total. The van der Waals surface area contributed by atoms with Crippen LogP contribution in [-0.2, 0) is 20.9 Å². The van der Waals surface area contributed by atoms with Crippen molar-refractivity contribution < 1.29 is 18.7 Å². The van der Waals surface area contributed by atoms with Crippen molar-refractivity contribution in [3.8, 4) is 0 Å². The Labute approximate surface area is 163 Å². The average Bonchev–Trinajstić information content (AvgIpc) is 2.67. The number of methoxy groups -OCH3 is 1. The number of benzene rings is 1. The van der Waals surface area contributed by atoms with Crippen molar-refractivity contribution in [1.82, 2.24) is 15.1 Å². The first-order chi connectivity index (χ1) is 13.0. The second-order valence-electron chi connectivity index (χ2n) is 7.05. The van der Waals surface area contributed by atoms with Gasteiger partial charge in [0.1, 0.15) is 5.82 Å². The molecule has 1 unspecified atom stereocenters. The van der Waals surface area contributed by atoms with Crippen molar-refractivity contribution in [3.63, 3.8) is 0 Å². The summed E-state index contributed by atoms with van der Waals surface area (Å²) in [5.41, 5.74) is 0.727. The summed E-state index contributed by atoms with van der Waals surface area (Å²) in [7, 11) is 1.69. The lowest BCUT2D eigenvalue weighted by Crippen LogP contribution is -2.56. The minimum atomic E-state index is -0.551. The molecule has 0 radical (unpaired) electrons. The van der Waals surface area contributed by atoms with Crippen LogP contribution in [0.25, 0.3) is 0 Å². The first-order valence-electron chi connectivity index (χ1n) is 9.24. The maximum absolute atomic E-state index is 13.7. The van der Waals surface area contributed by atoms with E-state index < -0.39 is 11.9 Å². The van der Waals surface area contributed by atoms with Gasteiger partial charge in [-0.25, -0.2) is 4.39 Å². The second kappa shape index (κ2) is 8.99. The van der Waals surface area contributed by atoms with Gasteiger partial charge in [-0.2, -0.15) is 0 Å². The maximum Gasteiger partial charge on any atom is 0.237 e. The van der Waals surface area contributed by atoms with Crippen molar-refractivity contribution in [1.29, 1.82) is 0 Å². The molecule has 2 amide bonds. The largest absolute Gasteiger partial charge is 0.381 e. The summed E-state index contributed by atoms with van der Waals surface area (Å²) in [6.45, 7) is 2.81. The molecular weight excluding hydrogens is 373 g/mol. The maximum atomic E-state index is 13.7. The number of nitrogens with zero attached hydrogens (tertiary/aromatic N) is 2. The number of hydrogen-bond donors (Lipinski definition) is 1. The number of ether oxygens (including phenoxy) is 1. The van der Waals surface area contributed by atoms with E-state index in [1.807, 2.05) is 4.90 Å². The van der Waals surface area contributed by atoms with E-state index in [1.54, 1.807) is 18.1 Å². The highest BCUT2D eigenvalue weighted by Gasteiger charge is 2.33. The summed E-state index contributed by atoms with van der Waals surface area (Å²) in [5.74, 6) is -0.668. The zero-order valence-electron chi connectivity index (χ0n) is 15.4. The number of hydrogen-bond acceptors (Lipinski definition) is 4. The number of halogens is 2. The van der Waals surface area contributed by atoms with Crippen LogP contribution in [0.3, 0.4) is 0 Å². The Hall–Kier alpha value is -1.70. The second-order valence-corrected chi connectivity index (χ2v) is 7.45. The molecule has 2 aliphatic rings. The number of carbonyl (C=O) groups excluding carboxylic acids is 2. The zero-order valence-corrected chi connectivity index (χ0v) is 16.2. The molecule has 148 valence electrons. The van der Waals surface area contributed by atoms with E-state index in [-0.39, 0.29) is 29.4 Å². The van der Waals surface area contributed by atoms with Crippen molar-refractivity contribution in [2.45, 2.75) is 38.0 Å². The van der Waals surface area contributed by atoms with Gasteiger partial charge in [0, 0.05) is 39.8 Å². The molecular formula is C19H25ClFN3O3. The van der Waals surface area contributed by atoms with E-state index in [2.05, 4.69) is 5.32 Å². The highest BCUT2D eigenvalue weighted by atomic mass is 35.5. The van der Waals surface area contributed by atoms with E-state index in [1.165, 1.54) is 12.1 Å². The normalized spacial score (nSPS) is 22.0. The summed E-state index contributed by atoms with van der Waals surface area (Å²) in [6, 6.07) is 4.08. The van der Waals surface area contributed by atoms with Gasteiger partial charge in [-0.15, -0.1) is 0 Å². The molecule has 1 aromatic carbocycles. The lowest BCUT2D eigenvalue weighted by molar-refractivity contribution is -0.140. The van der Waals surface area contributed by atoms with Crippen LogP contribution in [0, 0.1) is 5.82 Å². The Morgan fingerprint density at radius 1 is 1.33 bits per heavy atom. The summed E-state index contributed by atoms with van der Waals surface area (Å²) < 4.78 is 19.1. The topological polar surface area (TPSA) is 61.9 Å². The molecule has 1 aromatic rings. The van der Waals surface area contributed by atoms with Crippen LogP contribution in [0.2, 0.25) is 5.02 Å². The molecule has 0 aromatic heterocycles. The van der Waals surface area contributed by atoms with Crippen molar-refractivity contribution in [2.24, 2.45) is 0 Å².